The molecular formula is C21H23N7O3. The van der Waals surface area contributed by atoms with Gasteiger partial charge in [0.25, 0.3) is 0 Å². The van der Waals surface area contributed by atoms with Crippen LogP contribution in [0.15, 0.2) is 34.5 Å². The van der Waals surface area contributed by atoms with Crippen molar-refractivity contribution in [1.29, 1.82) is 5.26 Å². The summed E-state index contributed by atoms with van der Waals surface area (Å²) in [5, 5.41) is 39.5. The Bertz CT molecular complexity index is 1180. The zero-order chi connectivity index (χ0) is 22.8. The van der Waals surface area contributed by atoms with E-state index in [-0.39, 0.29) is 29.4 Å². The van der Waals surface area contributed by atoms with Gasteiger partial charge in [0.15, 0.2) is 11.5 Å². The van der Waals surface area contributed by atoms with Crippen LogP contribution in [0.25, 0.3) is 5.69 Å². The van der Waals surface area contributed by atoms with Gasteiger partial charge in [-0.1, -0.05) is 20.8 Å². The fourth-order valence-corrected chi connectivity index (χ4v) is 2.91. The molecule has 31 heavy (non-hydrogen) atoms. The van der Waals surface area contributed by atoms with Crippen LogP contribution in [0.5, 0.6) is 5.88 Å². The second kappa shape index (κ2) is 8.39. The summed E-state index contributed by atoms with van der Waals surface area (Å²) in [7, 11) is 0. The number of hydrogen-bond acceptors (Lipinski definition) is 8. The smallest absolute Gasteiger partial charge is 0.338 e. The summed E-state index contributed by atoms with van der Waals surface area (Å²) in [6, 6.07) is 8.55. The third-order valence-electron chi connectivity index (χ3n) is 4.45. The SMILES string of the molecule is CCOC(=O)c1ccc(-n2nc(C)c(/N=N/c3[nH]nc(C(C)(C)C)c3C#N)c2O)cc1. The number of carbonyl (C=O) groups is 1. The van der Waals surface area contributed by atoms with E-state index in [1.54, 1.807) is 38.1 Å². The number of benzene rings is 1. The van der Waals surface area contributed by atoms with E-state index in [1.807, 2.05) is 20.8 Å². The fourth-order valence-electron chi connectivity index (χ4n) is 2.91. The molecule has 2 N–H and O–H groups in total. The maximum Gasteiger partial charge on any atom is 0.338 e. The molecule has 0 aliphatic rings. The van der Waals surface area contributed by atoms with Crippen molar-refractivity contribution >= 4 is 17.5 Å². The molecule has 0 unspecified atom stereocenters. The molecule has 3 rings (SSSR count). The fraction of sp³-hybridized carbons (Fsp3) is 0.333. The molecule has 0 spiro atoms. The highest BCUT2D eigenvalue weighted by atomic mass is 16.5. The maximum atomic E-state index is 11.8. The number of nitrogens with one attached hydrogen (secondary N) is 1. The zero-order valence-electron chi connectivity index (χ0n) is 18.0. The van der Waals surface area contributed by atoms with Crippen LogP contribution in [0, 0.1) is 18.3 Å². The van der Waals surface area contributed by atoms with E-state index >= 15 is 0 Å². The largest absolute Gasteiger partial charge is 0.492 e. The van der Waals surface area contributed by atoms with E-state index in [2.05, 4.69) is 31.6 Å². The van der Waals surface area contributed by atoms with Crippen molar-refractivity contribution in [3.8, 4) is 17.6 Å². The zero-order valence-corrected chi connectivity index (χ0v) is 18.0. The number of esters is 1. The normalized spacial score (nSPS) is 11.6. The Morgan fingerprint density at radius 1 is 1.29 bits per heavy atom. The van der Waals surface area contributed by atoms with Crippen molar-refractivity contribution < 1.29 is 14.6 Å². The van der Waals surface area contributed by atoms with Gasteiger partial charge in [0.1, 0.15) is 11.6 Å². The Labute approximate surface area is 179 Å². The molecule has 0 aliphatic heterocycles. The number of aryl methyl sites for hydroxylation is 1. The first-order valence-corrected chi connectivity index (χ1v) is 9.64. The highest BCUT2D eigenvalue weighted by molar-refractivity contribution is 5.89. The highest BCUT2D eigenvalue weighted by Gasteiger charge is 2.25. The number of azo groups is 1. The minimum absolute atomic E-state index is 0.158. The molecule has 0 radical (unpaired) electrons. The van der Waals surface area contributed by atoms with E-state index in [1.165, 1.54) is 4.68 Å². The monoisotopic (exact) mass is 421 g/mol. The van der Waals surface area contributed by atoms with Crippen molar-refractivity contribution in [2.24, 2.45) is 10.2 Å². The molecule has 0 bridgehead atoms. The summed E-state index contributed by atoms with van der Waals surface area (Å²) in [5.41, 5.74) is 2.07. The van der Waals surface area contributed by atoms with Crippen molar-refractivity contribution in [3.05, 3.63) is 46.8 Å². The summed E-state index contributed by atoms with van der Waals surface area (Å²) < 4.78 is 6.26. The minimum atomic E-state index is -0.424. The molecule has 1 aromatic carbocycles. The molecule has 10 heteroatoms. The molecule has 10 nitrogen and oxygen atoms in total. The lowest BCUT2D eigenvalue weighted by atomic mass is 9.90. The molecule has 160 valence electrons. The van der Waals surface area contributed by atoms with Crippen LogP contribution in [-0.4, -0.2) is 37.7 Å². The average molecular weight is 421 g/mol. The quantitative estimate of drug-likeness (QED) is 0.463. The van der Waals surface area contributed by atoms with E-state index < -0.39 is 5.97 Å². The highest BCUT2D eigenvalue weighted by Crippen LogP contribution is 2.35. The van der Waals surface area contributed by atoms with Crippen LogP contribution in [0.3, 0.4) is 0 Å². The Kier molecular flexibility index (Phi) is 5.88. The molecule has 0 atom stereocenters. The van der Waals surface area contributed by atoms with Crippen LogP contribution >= 0.6 is 0 Å². The number of aromatic nitrogens is 4. The van der Waals surface area contributed by atoms with E-state index in [0.717, 1.165) is 0 Å². The predicted molar refractivity (Wildman–Crippen MR) is 112 cm³/mol. The van der Waals surface area contributed by atoms with Gasteiger partial charge in [0.05, 0.1) is 29.2 Å². The lowest BCUT2D eigenvalue weighted by Crippen LogP contribution is -2.13. The Hall–Kier alpha value is -4.00. The second-order valence-electron chi connectivity index (χ2n) is 7.79. The number of rotatable bonds is 5. The van der Waals surface area contributed by atoms with Gasteiger partial charge in [-0.3, -0.25) is 5.10 Å². The summed E-state index contributed by atoms with van der Waals surface area (Å²) in [6.45, 7) is 9.53. The molecule has 0 saturated heterocycles. The number of aromatic amines is 1. The number of carbonyl (C=O) groups excluding carboxylic acids is 1. The average Bonchev–Trinajstić information content (AvgIpc) is 3.27. The number of H-pyrrole nitrogens is 1. The molecular weight excluding hydrogens is 398 g/mol. The van der Waals surface area contributed by atoms with Gasteiger partial charge in [0.2, 0.25) is 5.88 Å². The molecule has 3 aromatic rings. The van der Waals surface area contributed by atoms with Crippen molar-refractivity contribution in [3.63, 3.8) is 0 Å². The number of nitriles is 1. The molecule has 0 fully saturated rings. The Balaban J connectivity index is 1.92. The second-order valence-corrected chi connectivity index (χ2v) is 7.79. The van der Waals surface area contributed by atoms with E-state index in [0.29, 0.717) is 28.2 Å². The van der Waals surface area contributed by atoms with Gasteiger partial charge in [-0.15, -0.1) is 10.2 Å². The van der Waals surface area contributed by atoms with E-state index in [9.17, 15) is 15.2 Å². The molecule has 2 heterocycles. The minimum Gasteiger partial charge on any atom is -0.492 e. The first-order valence-electron chi connectivity index (χ1n) is 9.64. The summed E-state index contributed by atoms with van der Waals surface area (Å²) in [5.74, 6) is -0.441. The van der Waals surface area contributed by atoms with Gasteiger partial charge in [0, 0.05) is 5.41 Å². The summed E-state index contributed by atoms with van der Waals surface area (Å²) >= 11 is 0. The molecule has 2 aromatic heterocycles. The third kappa shape index (κ3) is 4.30. The number of aromatic hydroxyl groups is 1. The third-order valence-corrected chi connectivity index (χ3v) is 4.45. The number of hydrogen-bond donors (Lipinski definition) is 2. The predicted octanol–water partition coefficient (Wildman–Crippen LogP) is 4.37. The Morgan fingerprint density at radius 3 is 2.55 bits per heavy atom. The molecule has 0 aliphatic carbocycles. The van der Waals surface area contributed by atoms with Crippen LogP contribution in [0.2, 0.25) is 0 Å². The molecule has 0 saturated carbocycles. The van der Waals surface area contributed by atoms with Gasteiger partial charge in [-0.2, -0.15) is 20.1 Å². The van der Waals surface area contributed by atoms with Crippen LogP contribution in [0.4, 0.5) is 11.5 Å². The first-order chi connectivity index (χ1) is 14.7. The van der Waals surface area contributed by atoms with E-state index in [4.69, 9.17) is 4.74 Å². The summed E-state index contributed by atoms with van der Waals surface area (Å²) in [4.78, 5) is 11.8. The van der Waals surface area contributed by atoms with Crippen LogP contribution < -0.4 is 0 Å². The van der Waals surface area contributed by atoms with Crippen molar-refractivity contribution in [2.75, 3.05) is 6.61 Å². The van der Waals surface area contributed by atoms with Gasteiger partial charge in [-0.25, -0.2) is 4.79 Å². The standard InChI is InChI=1S/C21H23N7O3/c1-6-31-20(30)13-7-9-14(10-8-13)28-19(29)16(12(2)27-28)23-25-18-15(11-22)17(24-26-18)21(3,4)5/h7-10,29H,6H2,1-5H3,(H,24,26)/b25-23+. The van der Waals surface area contributed by atoms with Crippen molar-refractivity contribution in [1.82, 2.24) is 20.0 Å². The summed E-state index contributed by atoms with van der Waals surface area (Å²) in [6.07, 6.45) is 0. The van der Waals surface area contributed by atoms with Crippen LogP contribution in [0.1, 0.15) is 55.0 Å². The van der Waals surface area contributed by atoms with Gasteiger partial charge in [-0.05, 0) is 38.1 Å². The first kappa shape index (κ1) is 21.7. The van der Waals surface area contributed by atoms with Crippen LogP contribution in [-0.2, 0) is 10.2 Å². The number of nitrogens with zero attached hydrogens (tertiary/aromatic N) is 6. The lowest BCUT2D eigenvalue weighted by molar-refractivity contribution is 0.0526. The Morgan fingerprint density at radius 2 is 1.97 bits per heavy atom. The van der Waals surface area contributed by atoms with Crippen molar-refractivity contribution in [2.45, 2.75) is 40.0 Å². The lowest BCUT2D eigenvalue weighted by Gasteiger charge is -2.14. The molecule has 0 amide bonds. The number of ether oxygens (including phenoxy) is 1. The van der Waals surface area contributed by atoms with Gasteiger partial charge >= 0.3 is 5.97 Å². The topological polar surface area (TPSA) is 142 Å². The maximum absolute atomic E-state index is 11.8. The van der Waals surface area contributed by atoms with Gasteiger partial charge < -0.3 is 9.84 Å².